The molecule has 0 saturated carbocycles. The minimum atomic E-state index is -4.42. The van der Waals surface area contributed by atoms with E-state index in [0.717, 1.165) is 14.9 Å². The van der Waals surface area contributed by atoms with Crippen molar-refractivity contribution in [1.82, 2.24) is 4.90 Å². The number of carboxylic acids is 1. The maximum atomic E-state index is 12.4. The van der Waals surface area contributed by atoms with Crippen LogP contribution in [0.4, 0.5) is 13.2 Å². The molecule has 0 aliphatic rings. The van der Waals surface area contributed by atoms with E-state index in [1.807, 2.05) is 6.92 Å². The Hall–Kier alpha value is -1.08. The number of nitrogens with zero attached hydrogens (tertiary/aromatic N) is 1. The van der Waals surface area contributed by atoms with Crippen LogP contribution < -0.4 is 0 Å². The first kappa shape index (κ1) is 16.0. The van der Waals surface area contributed by atoms with E-state index in [9.17, 15) is 18.0 Å². The van der Waals surface area contributed by atoms with Crippen molar-refractivity contribution in [3.8, 4) is 0 Å². The van der Waals surface area contributed by atoms with Gasteiger partial charge in [-0.1, -0.05) is 28.1 Å². The van der Waals surface area contributed by atoms with Crippen LogP contribution in [0.1, 0.15) is 11.1 Å². The summed E-state index contributed by atoms with van der Waals surface area (Å²) in [6.07, 6.45) is -4.42. The van der Waals surface area contributed by atoms with Gasteiger partial charge < -0.3 is 5.11 Å². The molecule has 7 heteroatoms. The fraction of sp³-hybridized carbons (Fsp3) is 0.417. The van der Waals surface area contributed by atoms with E-state index in [-0.39, 0.29) is 6.54 Å². The van der Waals surface area contributed by atoms with Crippen LogP contribution in [0.15, 0.2) is 22.7 Å². The summed E-state index contributed by atoms with van der Waals surface area (Å²) in [7, 11) is 0. The first-order valence-electron chi connectivity index (χ1n) is 5.43. The second kappa shape index (κ2) is 6.38. The summed E-state index contributed by atoms with van der Waals surface area (Å²) < 4.78 is 37.9. The Bertz CT molecular complexity index is 463. The van der Waals surface area contributed by atoms with Gasteiger partial charge in [-0.05, 0) is 24.1 Å². The molecule has 1 aromatic carbocycles. The maximum absolute atomic E-state index is 12.4. The van der Waals surface area contributed by atoms with Crippen molar-refractivity contribution >= 4 is 21.9 Å². The van der Waals surface area contributed by atoms with Gasteiger partial charge >= 0.3 is 12.1 Å². The first-order chi connectivity index (χ1) is 8.67. The van der Waals surface area contributed by atoms with Crippen molar-refractivity contribution < 1.29 is 23.1 Å². The van der Waals surface area contributed by atoms with E-state index in [1.54, 1.807) is 18.2 Å². The fourth-order valence-corrected chi connectivity index (χ4v) is 1.92. The van der Waals surface area contributed by atoms with E-state index in [2.05, 4.69) is 15.9 Å². The maximum Gasteiger partial charge on any atom is 0.401 e. The van der Waals surface area contributed by atoms with Gasteiger partial charge in [-0.25, -0.2) is 0 Å². The molecule has 0 unspecified atom stereocenters. The number of aryl methyl sites for hydroxylation is 1. The molecule has 19 heavy (non-hydrogen) atoms. The molecule has 0 spiro atoms. The Morgan fingerprint density at radius 1 is 1.42 bits per heavy atom. The molecule has 0 fully saturated rings. The highest BCUT2D eigenvalue weighted by Crippen LogP contribution is 2.21. The van der Waals surface area contributed by atoms with Crippen LogP contribution in [0.3, 0.4) is 0 Å². The Morgan fingerprint density at radius 3 is 2.53 bits per heavy atom. The number of carbonyl (C=O) groups is 1. The zero-order chi connectivity index (χ0) is 14.6. The van der Waals surface area contributed by atoms with Crippen molar-refractivity contribution in [3.05, 3.63) is 33.8 Å². The van der Waals surface area contributed by atoms with Gasteiger partial charge in [0.05, 0.1) is 13.1 Å². The monoisotopic (exact) mass is 339 g/mol. The molecular formula is C12H13BrF3NO2. The zero-order valence-electron chi connectivity index (χ0n) is 10.2. The lowest BCUT2D eigenvalue weighted by molar-refractivity contribution is -0.154. The summed E-state index contributed by atoms with van der Waals surface area (Å²) in [5.74, 6) is -1.28. The van der Waals surface area contributed by atoms with Gasteiger partial charge in [-0.2, -0.15) is 13.2 Å². The summed E-state index contributed by atoms with van der Waals surface area (Å²) in [4.78, 5) is 11.4. The van der Waals surface area contributed by atoms with Crippen LogP contribution in [-0.2, 0) is 11.3 Å². The van der Waals surface area contributed by atoms with Crippen LogP contribution >= 0.6 is 15.9 Å². The summed E-state index contributed by atoms with van der Waals surface area (Å²) in [6.45, 7) is -0.123. The molecule has 1 N–H and O–H groups in total. The normalized spacial score (nSPS) is 11.9. The highest BCUT2D eigenvalue weighted by Gasteiger charge is 2.31. The third-order valence-corrected chi connectivity index (χ3v) is 3.28. The molecule has 106 valence electrons. The Kier molecular flexibility index (Phi) is 5.37. The number of halogens is 4. The molecule has 0 radical (unpaired) electrons. The number of benzene rings is 1. The van der Waals surface area contributed by atoms with Crippen molar-refractivity contribution in [3.63, 3.8) is 0 Å². The highest BCUT2D eigenvalue weighted by molar-refractivity contribution is 9.10. The highest BCUT2D eigenvalue weighted by atomic mass is 79.9. The van der Waals surface area contributed by atoms with Crippen LogP contribution in [0, 0.1) is 6.92 Å². The van der Waals surface area contributed by atoms with Gasteiger partial charge in [-0.3, -0.25) is 9.69 Å². The van der Waals surface area contributed by atoms with Gasteiger partial charge in [0.1, 0.15) is 0 Å². The Labute approximate surface area is 117 Å². The topological polar surface area (TPSA) is 40.5 Å². The number of rotatable bonds is 5. The minimum absolute atomic E-state index is 0.0556. The van der Waals surface area contributed by atoms with E-state index in [0.29, 0.717) is 5.56 Å². The van der Waals surface area contributed by atoms with Gasteiger partial charge in [0, 0.05) is 11.0 Å². The molecule has 0 aliphatic carbocycles. The molecule has 0 aliphatic heterocycles. The number of alkyl halides is 3. The van der Waals surface area contributed by atoms with Gasteiger partial charge in [0.25, 0.3) is 0 Å². The quantitative estimate of drug-likeness (QED) is 0.895. The Morgan fingerprint density at radius 2 is 2.05 bits per heavy atom. The van der Waals surface area contributed by atoms with Gasteiger partial charge in [-0.15, -0.1) is 0 Å². The van der Waals surface area contributed by atoms with Crippen molar-refractivity contribution in [1.29, 1.82) is 0 Å². The molecule has 3 nitrogen and oxygen atoms in total. The van der Waals surface area contributed by atoms with Crippen molar-refractivity contribution in [2.75, 3.05) is 13.1 Å². The van der Waals surface area contributed by atoms with Gasteiger partial charge in [0.15, 0.2) is 0 Å². The molecule has 0 heterocycles. The number of aliphatic carboxylic acids is 1. The predicted octanol–water partition coefficient (Wildman–Crippen LogP) is 3.21. The standard InChI is InChI=1S/C12H13BrF3NO2/c1-8-4-9(2-3-10(8)13)5-17(6-11(18)19)7-12(14,15)16/h2-4H,5-7H2,1H3,(H,18,19). The lowest BCUT2D eigenvalue weighted by Crippen LogP contribution is -2.37. The number of carboxylic acid groups (broad SMARTS) is 1. The molecule has 1 aromatic rings. The lowest BCUT2D eigenvalue weighted by Gasteiger charge is -2.22. The summed E-state index contributed by atoms with van der Waals surface area (Å²) >= 11 is 3.30. The van der Waals surface area contributed by atoms with Crippen molar-refractivity contribution in [2.24, 2.45) is 0 Å². The molecule has 0 atom stereocenters. The summed E-state index contributed by atoms with van der Waals surface area (Å²) in [6, 6.07) is 5.13. The van der Waals surface area contributed by atoms with Crippen LogP contribution in [-0.4, -0.2) is 35.2 Å². The molecular weight excluding hydrogens is 327 g/mol. The summed E-state index contributed by atoms with van der Waals surface area (Å²) in [5.41, 5.74) is 1.53. The molecule has 1 rings (SSSR count). The SMILES string of the molecule is Cc1cc(CN(CC(=O)O)CC(F)(F)F)ccc1Br. The zero-order valence-corrected chi connectivity index (χ0v) is 11.8. The van der Waals surface area contributed by atoms with Crippen LogP contribution in [0.5, 0.6) is 0 Å². The van der Waals surface area contributed by atoms with E-state index in [4.69, 9.17) is 5.11 Å². The molecule has 0 bridgehead atoms. The smallest absolute Gasteiger partial charge is 0.401 e. The third-order valence-electron chi connectivity index (χ3n) is 2.39. The third kappa shape index (κ3) is 6.07. The second-order valence-electron chi connectivity index (χ2n) is 4.24. The average molecular weight is 340 g/mol. The first-order valence-corrected chi connectivity index (χ1v) is 6.22. The Balaban J connectivity index is 2.81. The van der Waals surface area contributed by atoms with Crippen molar-refractivity contribution in [2.45, 2.75) is 19.6 Å². The average Bonchev–Trinajstić information content (AvgIpc) is 2.20. The summed E-state index contributed by atoms with van der Waals surface area (Å²) in [5, 5.41) is 8.64. The predicted molar refractivity (Wildman–Crippen MR) is 67.8 cm³/mol. The van der Waals surface area contributed by atoms with E-state index < -0.39 is 25.2 Å². The van der Waals surface area contributed by atoms with Crippen LogP contribution in [0.25, 0.3) is 0 Å². The number of hydrogen-bond donors (Lipinski definition) is 1. The van der Waals surface area contributed by atoms with Crippen LogP contribution in [0.2, 0.25) is 0 Å². The largest absolute Gasteiger partial charge is 0.480 e. The molecule has 0 saturated heterocycles. The lowest BCUT2D eigenvalue weighted by atomic mass is 10.1. The van der Waals surface area contributed by atoms with E-state index in [1.165, 1.54) is 0 Å². The minimum Gasteiger partial charge on any atom is -0.480 e. The molecule has 0 amide bonds. The molecule has 0 aromatic heterocycles. The number of hydrogen-bond acceptors (Lipinski definition) is 2. The fourth-order valence-electron chi connectivity index (χ4n) is 1.68. The second-order valence-corrected chi connectivity index (χ2v) is 5.09. The van der Waals surface area contributed by atoms with E-state index >= 15 is 0 Å². The van der Waals surface area contributed by atoms with Gasteiger partial charge in [0.2, 0.25) is 0 Å².